The van der Waals surface area contributed by atoms with E-state index in [-0.39, 0.29) is 11.8 Å². The van der Waals surface area contributed by atoms with Crippen molar-refractivity contribution in [3.05, 3.63) is 66.2 Å². The Morgan fingerprint density at radius 2 is 1.74 bits per heavy atom. The van der Waals surface area contributed by atoms with Crippen LogP contribution in [0.3, 0.4) is 0 Å². The lowest BCUT2D eigenvalue weighted by Crippen LogP contribution is -2.52. The molecule has 23 heavy (non-hydrogen) atoms. The Labute approximate surface area is 139 Å². The van der Waals surface area contributed by atoms with Crippen LogP contribution in [0.15, 0.2) is 60.7 Å². The smallest absolute Gasteiger partial charge is 0.250 e. The number of anilines is 1. The fourth-order valence-electron chi connectivity index (χ4n) is 2.54. The van der Waals surface area contributed by atoms with E-state index in [2.05, 4.69) is 5.32 Å². The quantitative estimate of drug-likeness (QED) is 0.939. The highest BCUT2D eigenvalue weighted by Crippen LogP contribution is 2.20. The number of amides is 2. The van der Waals surface area contributed by atoms with Gasteiger partial charge in [0, 0.05) is 11.4 Å². The van der Waals surface area contributed by atoms with Crippen LogP contribution in [-0.4, -0.2) is 29.4 Å². The Hall–Kier alpha value is -2.27. The van der Waals surface area contributed by atoms with Crippen molar-refractivity contribution in [1.82, 2.24) is 5.32 Å². The van der Waals surface area contributed by atoms with E-state index in [0.717, 1.165) is 11.3 Å². The second-order valence-corrected chi connectivity index (χ2v) is 6.41. The van der Waals surface area contributed by atoms with E-state index in [9.17, 15) is 9.59 Å². The van der Waals surface area contributed by atoms with Crippen LogP contribution in [0.5, 0.6) is 0 Å². The number of nitrogens with one attached hydrogen (secondary N) is 1. The summed E-state index contributed by atoms with van der Waals surface area (Å²) in [4.78, 5) is 26.3. The lowest BCUT2D eigenvalue weighted by atomic mass is 10.1. The molecule has 0 aliphatic carbocycles. The summed E-state index contributed by atoms with van der Waals surface area (Å²) in [5, 5.41) is 2.80. The molecular weight excluding hydrogens is 308 g/mol. The fraction of sp³-hybridized carbons (Fsp3) is 0.222. The number of benzene rings is 2. The van der Waals surface area contributed by atoms with Gasteiger partial charge in [0.25, 0.3) is 5.91 Å². The molecule has 4 nitrogen and oxygen atoms in total. The zero-order valence-electron chi connectivity index (χ0n) is 12.6. The van der Waals surface area contributed by atoms with E-state index in [1.165, 1.54) is 11.8 Å². The lowest BCUT2D eigenvalue weighted by Gasteiger charge is -2.30. The Morgan fingerprint density at radius 3 is 2.39 bits per heavy atom. The topological polar surface area (TPSA) is 49.4 Å². The molecule has 1 N–H and O–H groups in total. The van der Waals surface area contributed by atoms with E-state index in [1.54, 1.807) is 4.90 Å². The number of para-hydroxylation sites is 1. The number of hydrogen-bond acceptors (Lipinski definition) is 3. The van der Waals surface area contributed by atoms with Gasteiger partial charge in [0.05, 0.1) is 12.3 Å². The molecule has 0 aromatic heterocycles. The SMILES string of the molecule is O=C1CSCC(C(=O)N(Cc2ccccc2)c2ccccc2)N1. The molecule has 1 saturated heterocycles. The molecule has 5 heteroatoms. The molecule has 0 bridgehead atoms. The molecule has 1 fully saturated rings. The first-order chi connectivity index (χ1) is 11.2. The zero-order valence-corrected chi connectivity index (χ0v) is 13.5. The summed E-state index contributed by atoms with van der Waals surface area (Å²) in [5.41, 5.74) is 1.89. The molecule has 0 saturated carbocycles. The van der Waals surface area contributed by atoms with Crippen LogP contribution < -0.4 is 10.2 Å². The second kappa shape index (κ2) is 7.33. The minimum Gasteiger partial charge on any atom is -0.343 e. The van der Waals surface area contributed by atoms with E-state index in [0.29, 0.717) is 18.1 Å². The Bertz CT molecular complexity index is 676. The van der Waals surface area contributed by atoms with Crippen LogP contribution in [0.1, 0.15) is 5.56 Å². The average molecular weight is 326 g/mol. The van der Waals surface area contributed by atoms with Gasteiger partial charge in [0.15, 0.2) is 0 Å². The van der Waals surface area contributed by atoms with E-state index in [4.69, 9.17) is 0 Å². The molecule has 1 aliphatic heterocycles. The van der Waals surface area contributed by atoms with Crippen LogP contribution in [0.4, 0.5) is 5.69 Å². The van der Waals surface area contributed by atoms with Crippen molar-refractivity contribution >= 4 is 29.3 Å². The summed E-state index contributed by atoms with van der Waals surface area (Å²) in [5.74, 6) is 0.893. The highest BCUT2D eigenvalue weighted by molar-refractivity contribution is 8.00. The molecule has 3 rings (SSSR count). The van der Waals surface area contributed by atoms with Gasteiger partial charge >= 0.3 is 0 Å². The van der Waals surface area contributed by atoms with Crippen LogP contribution in [0.2, 0.25) is 0 Å². The summed E-state index contributed by atoms with van der Waals surface area (Å²) < 4.78 is 0. The third-order valence-electron chi connectivity index (χ3n) is 3.67. The first-order valence-corrected chi connectivity index (χ1v) is 8.67. The Morgan fingerprint density at radius 1 is 1.09 bits per heavy atom. The highest BCUT2D eigenvalue weighted by atomic mass is 32.2. The predicted octanol–water partition coefficient (Wildman–Crippen LogP) is 2.45. The summed E-state index contributed by atoms with van der Waals surface area (Å²) in [7, 11) is 0. The van der Waals surface area contributed by atoms with Gasteiger partial charge in [-0.1, -0.05) is 48.5 Å². The molecule has 0 spiro atoms. The van der Waals surface area contributed by atoms with Gasteiger partial charge in [0.2, 0.25) is 5.91 Å². The van der Waals surface area contributed by atoms with Crippen molar-refractivity contribution < 1.29 is 9.59 Å². The molecule has 1 unspecified atom stereocenters. The van der Waals surface area contributed by atoms with Crippen LogP contribution in [-0.2, 0) is 16.1 Å². The van der Waals surface area contributed by atoms with Crippen LogP contribution >= 0.6 is 11.8 Å². The Balaban J connectivity index is 1.85. The van der Waals surface area contributed by atoms with Gasteiger partial charge in [-0.25, -0.2) is 0 Å². The van der Waals surface area contributed by atoms with Crippen LogP contribution in [0.25, 0.3) is 0 Å². The van der Waals surface area contributed by atoms with Crippen molar-refractivity contribution in [3.63, 3.8) is 0 Å². The number of rotatable bonds is 4. The maximum Gasteiger partial charge on any atom is 0.250 e. The lowest BCUT2D eigenvalue weighted by molar-refractivity contribution is -0.126. The average Bonchev–Trinajstić information content (AvgIpc) is 2.61. The standard InChI is InChI=1S/C18H18N2O2S/c21-17-13-23-12-16(19-17)18(22)20(15-9-5-2-6-10-15)11-14-7-3-1-4-8-14/h1-10,16H,11-13H2,(H,19,21). The van der Waals surface area contributed by atoms with Gasteiger partial charge in [-0.15, -0.1) is 11.8 Å². The number of thioether (sulfide) groups is 1. The number of carbonyl (C=O) groups excluding carboxylic acids is 2. The van der Waals surface area contributed by atoms with Crippen LogP contribution in [0, 0.1) is 0 Å². The first kappa shape index (κ1) is 15.6. The third kappa shape index (κ3) is 3.93. The summed E-state index contributed by atoms with van der Waals surface area (Å²) in [6, 6.07) is 19.0. The monoisotopic (exact) mass is 326 g/mol. The minimum absolute atomic E-state index is 0.0689. The third-order valence-corrected chi connectivity index (χ3v) is 4.70. The second-order valence-electron chi connectivity index (χ2n) is 5.38. The molecule has 0 radical (unpaired) electrons. The summed E-state index contributed by atoms with van der Waals surface area (Å²) in [6.45, 7) is 0.487. The fourth-order valence-corrected chi connectivity index (χ4v) is 3.39. The molecule has 118 valence electrons. The zero-order chi connectivity index (χ0) is 16.1. The normalized spacial score (nSPS) is 17.4. The molecule has 1 heterocycles. The van der Waals surface area contributed by atoms with Crippen molar-refractivity contribution in [2.24, 2.45) is 0 Å². The van der Waals surface area contributed by atoms with Crippen molar-refractivity contribution in [1.29, 1.82) is 0 Å². The molecule has 2 amide bonds. The van der Waals surface area contributed by atoms with Crippen molar-refractivity contribution in [2.75, 3.05) is 16.4 Å². The van der Waals surface area contributed by atoms with E-state index < -0.39 is 6.04 Å². The number of carbonyl (C=O) groups is 2. The molecule has 1 atom stereocenters. The van der Waals surface area contributed by atoms with Gasteiger partial charge < -0.3 is 10.2 Å². The van der Waals surface area contributed by atoms with Crippen molar-refractivity contribution in [2.45, 2.75) is 12.6 Å². The number of hydrogen-bond donors (Lipinski definition) is 1. The molecule has 1 aliphatic rings. The Kier molecular flexibility index (Phi) is 4.98. The largest absolute Gasteiger partial charge is 0.343 e. The maximum absolute atomic E-state index is 12.9. The number of nitrogens with zero attached hydrogens (tertiary/aromatic N) is 1. The molecule has 2 aromatic rings. The maximum atomic E-state index is 12.9. The summed E-state index contributed by atoms with van der Waals surface area (Å²) in [6.07, 6.45) is 0. The predicted molar refractivity (Wildman–Crippen MR) is 93.3 cm³/mol. The van der Waals surface area contributed by atoms with Gasteiger partial charge in [-0.3, -0.25) is 9.59 Å². The van der Waals surface area contributed by atoms with E-state index in [1.807, 2.05) is 60.7 Å². The minimum atomic E-state index is -0.467. The highest BCUT2D eigenvalue weighted by Gasteiger charge is 2.29. The van der Waals surface area contributed by atoms with Crippen molar-refractivity contribution in [3.8, 4) is 0 Å². The first-order valence-electron chi connectivity index (χ1n) is 7.51. The van der Waals surface area contributed by atoms with E-state index >= 15 is 0 Å². The molecular formula is C18H18N2O2S. The molecule has 2 aromatic carbocycles. The van der Waals surface area contributed by atoms with Gasteiger partial charge in [-0.2, -0.15) is 0 Å². The summed E-state index contributed by atoms with van der Waals surface area (Å²) >= 11 is 1.50. The van der Waals surface area contributed by atoms with Gasteiger partial charge in [-0.05, 0) is 17.7 Å². The van der Waals surface area contributed by atoms with Gasteiger partial charge in [0.1, 0.15) is 6.04 Å².